The molecule has 10 heteroatoms. The van der Waals surface area contributed by atoms with Gasteiger partial charge in [0.1, 0.15) is 5.75 Å². The average molecular weight is 433 g/mol. The molecule has 2 rings (SSSR count). The van der Waals surface area contributed by atoms with Crippen molar-refractivity contribution in [2.75, 3.05) is 26.8 Å². The molecule has 1 aliphatic rings. The zero-order valence-electron chi connectivity index (χ0n) is 16.1. The number of sulfonamides is 1. The van der Waals surface area contributed by atoms with Crippen LogP contribution in [0.25, 0.3) is 0 Å². The summed E-state index contributed by atoms with van der Waals surface area (Å²) >= 11 is 6.10. The van der Waals surface area contributed by atoms with Crippen molar-refractivity contribution in [1.29, 1.82) is 0 Å². The summed E-state index contributed by atoms with van der Waals surface area (Å²) in [5.41, 5.74) is 0. The van der Waals surface area contributed by atoms with Gasteiger partial charge in [-0.05, 0) is 44.9 Å². The van der Waals surface area contributed by atoms with Gasteiger partial charge in [0.05, 0.1) is 17.0 Å². The molecule has 1 aromatic carbocycles. The standard InChI is InChI=1S/C18H25ClN2O6S/c1-12(2)20-18(23)13-6-8-21(9-7-13)28(24,25)14-4-5-16(15(19)10-14)27-11-17(22)26-3/h4-5,10,12-13H,6-9,11H2,1-3H3,(H,20,23). The number of nitrogens with one attached hydrogen (secondary N) is 1. The van der Waals surface area contributed by atoms with Gasteiger partial charge in [0, 0.05) is 25.0 Å². The van der Waals surface area contributed by atoms with Gasteiger partial charge < -0.3 is 14.8 Å². The van der Waals surface area contributed by atoms with E-state index >= 15 is 0 Å². The van der Waals surface area contributed by atoms with Gasteiger partial charge in [0.2, 0.25) is 15.9 Å². The quantitative estimate of drug-likeness (QED) is 0.659. The number of methoxy groups -OCH3 is 1. The topological polar surface area (TPSA) is 102 Å². The number of carbonyl (C=O) groups excluding carboxylic acids is 2. The molecule has 1 saturated heterocycles. The Morgan fingerprint density at radius 2 is 1.93 bits per heavy atom. The molecule has 8 nitrogen and oxygen atoms in total. The van der Waals surface area contributed by atoms with E-state index in [4.69, 9.17) is 16.3 Å². The smallest absolute Gasteiger partial charge is 0.343 e. The Kier molecular flexibility index (Phi) is 7.68. The lowest BCUT2D eigenvalue weighted by molar-refractivity contribution is -0.142. The molecular weight excluding hydrogens is 408 g/mol. The Bertz CT molecular complexity index is 819. The van der Waals surface area contributed by atoms with Crippen LogP contribution in [0.4, 0.5) is 0 Å². The number of hydrogen-bond donors (Lipinski definition) is 1. The molecule has 1 fully saturated rings. The minimum atomic E-state index is -3.74. The highest BCUT2D eigenvalue weighted by Gasteiger charge is 2.32. The molecule has 0 radical (unpaired) electrons. The van der Waals surface area contributed by atoms with E-state index in [2.05, 4.69) is 10.1 Å². The average Bonchev–Trinajstić information content (AvgIpc) is 2.66. The summed E-state index contributed by atoms with van der Waals surface area (Å²) in [6.45, 7) is 3.97. The maximum Gasteiger partial charge on any atom is 0.343 e. The van der Waals surface area contributed by atoms with Crippen molar-refractivity contribution in [3.8, 4) is 5.75 Å². The Labute approximate surface area is 170 Å². The van der Waals surface area contributed by atoms with Crippen LogP contribution in [0.5, 0.6) is 5.75 Å². The fourth-order valence-corrected chi connectivity index (χ4v) is 4.66. The molecular formula is C18H25ClN2O6S. The highest BCUT2D eigenvalue weighted by Crippen LogP contribution is 2.30. The molecule has 1 aromatic rings. The van der Waals surface area contributed by atoms with Gasteiger partial charge in [0.25, 0.3) is 0 Å². The first kappa shape index (κ1) is 22.4. The molecule has 0 atom stereocenters. The third kappa shape index (κ3) is 5.59. The molecule has 1 amide bonds. The number of piperidine rings is 1. The molecule has 0 unspecified atom stereocenters. The monoisotopic (exact) mass is 432 g/mol. The zero-order chi connectivity index (χ0) is 20.9. The maximum atomic E-state index is 12.9. The van der Waals surface area contributed by atoms with E-state index in [1.165, 1.54) is 29.6 Å². The van der Waals surface area contributed by atoms with Crippen molar-refractivity contribution >= 4 is 33.5 Å². The molecule has 1 aliphatic heterocycles. The number of carbonyl (C=O) groups is 2. The van der Waals surface area contributed by atoms with E-state index < -0.39 is 16.0 Å². The summed E-state index contributed by atoms with van der Waals surface area (Å²) in [5, 5.41) is 2.94. The Balaban J connectivity index is 2.04. The fraction of sp³-hybridized carbons (Fsp3) is 0.556. The van der Waals surface area contributed by atoms with Crippen LogP contribution in [0.1, 0.15) is 26.7 Å². The van der Waals surface area contributed by atoms with Crippen molar-refractivity contribution in [2.24, 2.45) is 5.92 Å². The summed E-state index contributed by atoms with van der Waals surface area (Å²) in [7, 11) is -2.50. The molecule has 0 spiro atoms. The second-order valence-electron chi connectivity index (χ2n) is 6.80. The van der Waals surface area contributed by atoms with Crippen LogP contribution < -0.4 is 10.1 Å². The van der Waals surface area contributed by atoms with Crippen LogP contribution in [-0.4, -0.2) is 57.4 Å². The predicted molar refractivity (Wildman–Crippen MR) is 104 cm³/mol. The van der Waals surface area contributed by atoms with E-state index in [9.17, 15) is 18.0 Å². The SMILES string of the molecule is COC(=O)COc1ccc(S(=O)(=O)N2CCC(C(=O)NC(C)C)CC2)cc1Cl. The van der Waals surface area contributed by atoms with E-state index in [0.717, 1.165) is 0 Å². The Morgan fingerprint density at radius 3 is 2.46 bits per heavy atom. The third-order valence-corrected chi connectivity index (χ3v) is 6.56. The minimum Gasteiger partial charge on any atom is -0.480 e. The molecule has 0 saturated carbocycles. The first-order valence-electron chi connectivity index (χ1n) is 8.95. The summed E-state index contributed by atoms with van der Waals surface area (Å²) in [6, 6.07) is 4.13. The lowest BCUT2D eigenvalue weighted by Crippen LogP contribution is -2.44. The van der Waals surface area contributed by atoms with Crippen LogP contribution in [0.3, 0.4) is 0 Å². The van der Waals surface area contributed by atoms with Gasteiger partial charge in [-0.3, -0.25) is 4.79 Å². The normalized spacial score (nSPS) is 16.0. The molecule has 28 heavy (non-hydrogen) atoms. The highest BCUT2D eigenvalue weighted by molar-refractivity contribution is 7.89. The number of halogens is 1. The first-order chi connectivity index (χ1) is 13.1. The van der Waals surface area contributed by atoms with Crippen molar-refractivity contribution in [3.05, 3.63) is 23.2 Å². The van der Waals surface area contributed by atoms with Gasteiger partial charge in [-0.15, -0.1) is 0 Å². The van der Waals surface area contributed by atoms with Crippen LogP contribution in [0.15, 0.2) is 23.1 Å². The van der Waals surface area contributed by atoms with Crippen molar-refractivity contribution in [1.82, 2.24) is 9.62 Å². The van der Waals surface area contributed by atoms with Gasteiger partial charge in [0.15, 0.2) is 6.61 Å². The van der Waals surface area contributed by atoms with Gasteiger partial charge >= 0.3 is 5.97 Å². The van der Waals surface area contributed by atoms with E-state index in [1.807, 2.05) is 13.8 Å². The largest absolute Gasteiger partial charge is 0.480 e. The van der Waals surface area contributed by atoms with Crippen LogP contribution in [0.2, 0.25) is 5.02 Å². The summed E-state index contributed by atoms with van der Waals surface area (Å²) in [4.78, 5) is 23.3. The molecule has 0 aliphatic carbocycles. The van der Waals surface area contributed by atoms with Crippen LogP contribution in [0, 0.1) is 5.92 Å². The number of amides is 1. The minimum absolute atomic E-state index is 0.0352. The lowest BCUT2D eigenvalue weighted by Gasteiger charge is -2.31. The summed E-state index contributed by atoms with van der Waals surface area (Å²) < 4.78 is 36.8. The summed E-state index contributed by atoms with van der Waals surface area (Å²) in [6.07, 6.45) is 0.928. The van der Waals surface area contributed by atoms with Crippen molar-refractivity contribution < 1.29 is 27.5 Å². The number of rotatable bonds is 7. The fourth-order valence-electron chi connectivity index (χ4n) is 2.86. The predicted octanol–water partition coefficient (Wildman–Crippen LogP) is 1.82. The van der Waals surface area contributed by atoms with Gasteiger partial charge in [-0.1, -0.05) is 11.6 Å². The second-order valence-corrected chi connectivity index (χ2v) is 9.14. The number of nitrogens with zero attached hydrogens (tertiary/aromatic N) is 1. The second kappa shape index (κ2) is 9.58. The van der Waals surface area contributed by atoms with Gasteiger partial charge in [-0.2, -0.15) is 4.31 Å². The lowest BCUT2D eigenvalue weighted by atomic mass is 9.97. The molecule has 0 aromatic heterocycles. The maximum absolute atomic E-state index is 12.9. The van der Waals surface area contributed by atoms with Crippen LogP contribution >= 0.6 is 11.6 Å². The molecule has 0 bridgehead atoms. The van der Waals surface area contributed by atoms with E-state index in [0.29, 0.717) is 12.8 Å². The number of esters is 1. The molecule has 156 valence electrons. The van der Waals surface area contributed by atoms with E-state index in [1.54, 1.807) is 0 Å². The van der Waals surface area contributed by atoms with Crippen molar-refractivity contribution in [3.63, 3.8) is 0 Å². The Morgan fingerprint density at radius 1 is 1.29 bits per heavy atom. The van der Waals surface area contributed by atoms with Crippen LogP contribution in [-0.2, 0) is 24.3 Å². The van der Waals surface area contributed by atoms with Crippen molar-refractivity contribution in [2.45, 2.75) is 37.6 Å². The number of benzene rings is 1. The number of hydrogen-bond acceptors (Lipinski definition) is 6. The third-order valence-electron chi connectivity index (χ3n) is 4.37. The molecule has 1 N–H and O–H groups in total. The highest BCUT2D eigenvalue weighted by atomic mass is 35.5. The number of ether oxygens (including phenoxy) is 2. The Hall–Kier alpha value is -1.84. The first-order valence-corrected chi connectivity index (χ1v) is 10.8. The summed E-state index contributed by atoms with van der Waals surface area (Å²) in [5.74, 6) is -0.610. The molecule has 1 heterocycles. The van der Waals surface area contributed by atoms with E-state index in [-0.39, 0.29) is 53.2 Å². The van der Waals surface area contributed by atoms with Gasteiger partial charge in [-0.25, -0.2) is 13.2 Å². The zero-order valence-corrected chi connectivity index (χ0v) is 17.7.